The van der Waals surface area contributed by atoms with E-state index in [4.69, 9.17) is 4.74 Å². The number of ether oxygens (including phenoxy) is 1. The van der Waals surface area contributed by atoms with E-state index in [9.17, 15) is 32.3 Å². The summed E-state index contributed by atoms with van der Waals surface area (Å²) in [6.07, 6.45) is -5.40. The van der Waals surface area contributed by atoms with Gasteiger partial charge in [-0.3, -0.25) is 4.79 Å². The summed E-state index contributed by atoms with van der Waals surface area (Å²) >= 11 is 0. The van der Waals surface area contributed by atoms with Gasteiger partial charge in [0.05, 0.1) is 6.04 Å². The molecular weight excluding hydrogens is 456 g/mol. The van der Waals surface area contributed by atoms with Crippen molar-refractivity contribution >= 4 is 11.8 Å². The SMILES string of the molecule is O=C1N[C@H](c2cccc(Oc3ccccc3)c2)[C@@H](C(=O)c2ccc(F)cc2)[C@](O)(C(F)(F)F)N1. The number of rotatable bonds is 5. The Morgan fingerprint density at radius 1 is 0.941 bits per heavy atom. The minimum absolute atomic E-state index is 0.0893. The lowest BCUT2D eigenvalue weighted by Gasteiger charge is -2.45. The first kappa shape index (κ1) is 23.2. The standard InChI is InChI=1S/C24H18F4N2O4/c25-16-11-9-14(10-12-16)21(31)19-20(29-22(32)30-23(19,33)24(26,27)28)15-5-4-8-18(13-15)34-17-6-2-1-3-7-17/h1-13,19-20,33H,(H2,29,30,32)/t19-,20+,23-/m0/s1. The van der Waals surface area contributed by atoms with E-state index >= 15 is 0 Å². The monoisotopic (exact) mass is 474 g/mol. The van der Waals surface area contributed by atoms with Gasteiger partial charge in [-0.05, 0) is 54.1 Å². The van der Waals surface area contributed by atoms with Crippen LogP contribution >= 0.6 is 0 Å². The number of para-hydroxylation sites is 1. The van der Waals surface area contributed by atoms with Gasteiger partial charge in [-0.15, -0.1) is 0 Å². The number of aliphatic hydroxyl groups is 1. The second kappa shape index (κ2) is 8.79. The molecule has 2 amide bonds. The molecule has 6 nitrogen and oxygen atoms in total. The first-order valence-corrected chi connectivity index (χ1v) is 10.1. The van der Waals surface area contributed by atoms with E-state index in [0.29, 0.717) is 5.75 Å². The molecule has 1 aliphatic heterocycles. The highest BCUT2D eigenvalue weighted by Crippen LogP contribution is 2.44. The molecular formula is C24H18F4N2O4. The quantitative estimate of drug-likeness (QED) is 0.369. The minimum atomic E-state index is -5.40. The van der Waals surface area contributed by atoms with Gasteiger partial charge in [0.2, 0.25) is 5.72 Å². The number of hydrogen-bond acceptors (Lipinski definition) is 4. The molecule has 1 heterocycles. The Labute approximate surface area is 191 Å². The molecule has 4 rings (SSSR count). The van der Waals surface area contributed by atoms with E-state index in [-0.39, 0.29) is 16.9 Å². The normalized spacial score (nSPS) is 22.4. The highest BCUT2D eigenvalue weighted by atomic mass is 19.4. The van der Waals surface area contributed by atoms with Crippen molar-refractivity contribution in [3.8, 4) is 11.5 Å². The molecule has 1 fully saturated rings. The molecule has 0 bridgehead atoms. The van der Waals surface area contributed by atoms with Crippen LogP contribution in [0.2, 0.25) is 0 Å². The molecule has 3 aromatic rings. The Bertz CT molecular complexity index is 1200. The molecule has 3 aromatic carbocycles. The molecule has 176 valence electrons. The molecule has 34 heavy (non-hydrogen) atoms. The number of amides is 2. The van der Waals surface area contributed by atoms with Crippen molar-refractivity contribution in [1.82, 2.24) is 10.6 Å². The topological polar surface area (TPSA) is 87.7 Å². The van der Waals surface area contributed by atoms with Crippen LogP contribution in [0.25, 0.3) is 0 Å². The van der Waals surface area contributed by atoms with Crippen LogP contribution in [0.4, 0.5) is 22.4 Å². The summed E-state index contributed by atoms with van der Waals surface area (Å²) < 4.78 is 61.1. The number of ketones is 1. The second-order valence-corrected chi connectivity index (χ2v) is 7.68. The number of halogens is 4. The Hall–Kier alpha value is -3.92. The van der Waals surface area contributed by atoms with E-state index < -0.39 is 41.5 Å². The fourth-order valence-electron chi connectivity index (χ4n) is 3.81. The van der Waals surface area contributed by atoms with Crippen molar-refractivity contribution in [2.75, 3.05) is 0 Å². The molecule has 10 heteroatoms. The van der Waals surface area contributed by atoms with Gasteiger partial charge in [0.25, 0.3) is 0 Å². The van der Waals surface area contributed by atoms with Crippen LogP contribution in [-0.4, -0.2) is 28.8 Å². The number of alkyl halides is 3. The predicted molar refractivity (Wildman–Crippen MR) is 113 cm³/mol. The van der Waals surface area contributed by atoms with Crippen LogP contribution in [0.3, 0.4) is 0 Å². The van der Waals surface area contributed by atoms with E-state index in [2.05, 4.69) is 5.32 Å². The molecule has 0 radical (unpaired) electrons. The van der Waals surface area contributed by atoms with Crippen molar-refractivity contribution in [3.05, 3.63) is 95.8 Å². The number of hydrogen-bond donors (Lipinski definition) is 3. The molecule has 0 spiro atoms. The first-order valence-electron chi connectivity index (χ1n) is 10.1. The van der Waals surface area contributed by atoms with Crippen LogP contribution in [-0.2, 0) is 0 Å². The fourth-order valence-corrected chi connectivity index (χ4v) is 3.81. The molecule has 0 saturated carbocycles. The molecule has 3 atom stereocenters. The Morgan fingerprint density at radius 3 is 2.24 bits per heavy atom. The third kappa shape index (κ3) is 4.44. The van der Waals surface area contributed by atoms with E-state index in [1.807, 2.05) is 0 Å². The maximum absolute atomic E-state index is 14.0. The number of nitrogens with one attached hydrogen (secondary N) is 2. The second-order valence-electron chi connectivity index (χ2n) is 7.68. The predicted octanol–water partition coefficient (Wildman–Crippen LogP) is 4.72. The highest BCUT2D eigenvalue weighted by molar-refractivity contribution is 6.00. The largest absolute Gasteiger partial charge is 0.457 e. The third-order valence-electron chi connectivity index (χ3n) is 5.41. The summed E-state index contributed by atoms with van der Waals surface area (Å²) in [7, 11) is 0. The zero-order valence-corrected chi connectivity index (χ0v) is 17.3. The minimum Gasteiger partial charge on any atom is -0.457 e. The van der Waals surface area contributed by atoms with Crippen LogP contribution in [0.5, 0.6) is 11.5 Å². The summed E-state index contributed by atoms with van der Waals surface area (Å²) in [5.41, 5.74) is -4.07. The summed E-state index contributed by atoms with van der Waals surface area (Å²) in [6.45, 7) is 0. The summed E-state index contributed by atoms with van der Waals surface area (Å²) in [6, 6.07) is 15.3. The Balaban J connectivity index is 1.78. The lowest BCUT2D eigenvalue weighted by atomic mass is 9.77. The van der Waals surface area contributed by atoms with E-state index in [0.717, 1.165) is 24.3 Å². The smallest absolute Gasteiger partial charge is 0.437 e. The van der Waals surface area contributed by atoms with Crippen molar-refractivity contribution in [2.45, 2.75) is 17.9 Å². The lowest BCUT2D eigenvalue weighted by Crippen LogP contribution is -2.72. The van der Waals surface area contributed by atoms with Crippen molar-refractivity contribution in [3.63, 3.8) is 0 Å². The number of benzene rings is 3. The average molecular weight is 474 g/mol. The summed E-state index contributed by atoms with van der Waals surface area (Å²) in [4.78, 5) is 25.4. The van der Waals surface area contributed by atoms with E-state index in [1.54, 1.807) is 36.4 Å². The van der Waals surface area contributed by atoms with Gasteiger partial charge >= 0.3 is 12.2 Å². The fraction of sp³-hybridized carbons (Fsp3) is 0.167. The maximum atomic E-state index is 14.0. The van der Waals surface area contributed by atoms with Gasteiger partial charge < -0.3 is 20.5 Å². The highest BCUT2D eigenvalue weighted by Gasteiger charge is 2.66. The van der Waals surface area contributed by atoms with Crippen molar-refractivity contribution < 1.29 is 37.0 Å². The van der Waals surface area contributed by atoms with Crippen LogP contribution in [0.1, 0.15) is 22.0 Å². The van der Waals surface area contributed by atoms with Crippen molar-refractivity contribution in [1.29, 1.82) is 0 Å². The maximum Gasteiger partial charge on any atom is 0.437 e. The summed E-state index contributed by atoms with van der Waals surface area (Å²) in [5.74, 6) is -3.38. The van der Waals surface area contributed by atoms with Gasteiger partial charge in [-0.1, -0.05) is 30.3 Å². The van der Waals surface area contributed by atoms with Gasteiger partial charge in [-0.25, -0.2) is 9.18 Å². The molecule has 0 aromatic heterocycles. The molecule has 1 aliphatic rings. The zero-order valence-electron chi connectivity index (χ0n) is 17.3. The molecule has 0 unspecified atom stereocenters. The van der Waals surface area contributed by atoms with Crippen molar-refractivity contribution in [2.24, 2.45) is 5.92 Å². The lowest BCUT2D eigenvalue weighted by molar-refractivity contribution is -0.287. The van der Waals surface area contributed by atoms with Gasteiger partial charge in [0.1, 0.15) is 23.2 Å². The number of Topliss-reactive ketones (excluding diaryl/α,β-unsaturated/α-hetero) is 1. The molecule has 1 saturated heterocycles. The van der Waals surface area contributed by atoms with Gasteiger partial charge in [0.15, 0.2) is 5.78 Å². The van der Waals surface area contributed by atoms with Crippen LogP contribution in [0, 0.1) is 11.7 Å². The molecule has 3 N–H and O–H groups in total. The third-order valence-corrected chi connectivity index (χ3v) is 5.41. The number of carbonyl (C=O) groups is 2. The Morgan fingerprint density at radius 2 is 1.59 bits per heavy atom. The molecule has 0 aliphatic carbocycles. The van der Waals surface area contributed by atoms with Gasteiger partial charge in [0, 0.05) is 5.56 Å². The van der Waals surface area contributed by atoms with Crippen LogP contribution < -0.4 is 15.4 Å². The van der Waals surface area contributed by atoms with Crippen LogP contribution in [0.15, 0.2) is 78.9 Å². The zero-order chi connectivity index (χ0) is 24.5. The Kier molecular flexibility index (Phi) is 6.01. The van der Waals surface area contributed by atoms with E-state index in [1.165, 1.54) is 23.5 Å². The number of urea groups is 1. The first-order chi connectivity index (χ1) is 16.1. The summed E-state index contributed by atoms with van der Waals surface area (Å²) in [5, 5.41) is 14.4. The number of carbonyl (C=O) groups excluding carboxylic acids is 2. The average Bonchev–Trinajstić information content (AvgIpc) is 2.79. The van der Waals surface area contributed by atoms with Gasteiger partial charge in [-0.2, -0.15) is 13.2 Å².